The van der Waals surface area contributed by atoms with Crippen molar-refractivity contribution in [3.05, 3.63) is 58.6 Å². The number of anilines is 3. The number of halogens is 1. The molecule has 3 heterocycles. The van der Waals surface area contributed by atoms with Crippen molar-refractivity contribution in [3.8, 4) is 11.5 Å². The van der Waals surface area contributed by atoms with Gasteiger partial charge in [-0.25, -0.2) is 5.43 Å². The van der Waals surface area contributed by atoms with Gasteiger partial charge in [-0.05, 0) is 75.3 Å². The molecule has 206 valence electrons. The van der Waals surface area contributed by atoms with Crippen LogP contribution in [0.15, 0.2) is 47.6 Å². The van der Waals surface area contributed by atoms with Gasteiger partial charge in [-0.15, -0.1) is 0 Å². The molecule has 2 aliphatic heterocycles. The van der Waals surface area contributed by atoms with Gasteiger partial charge in [0.1, 0.15) is 6.61 Å². The van der Waals surface area contributed by atoms with Gasteiger partial charge in [0.25, 0.3) is 0 Å². The van der Waals surface area contributed by atoms with E-state index in [9.17, 15) is 0 Å². The third-order valence-corrected chi connectivity index (χ3v) is 7.25. The zero-order chi connectivity index (χ0) is 26.9. The Hall–Kier alpha value is -3.59. The van der Waals surface area contributed by atoms with E-state index in [2.05, 4.69) is 20.3 Å². The molecule has 2 aromatic carbocycles. The molecule has 0 radical (unpaired) electrons. The van der Waals surface area contributed by atoms with E-state index in [0.717, 1.165) is 74.9 Å². The van der Waals surface area contributed by atoms with Crippen LogP contribution in [0.5, 0.6) is 11.5 Å². The van der Waals surface area contributed by atoms with Crippen molar-refractivity contribution in [1.29, 1.82) is 0 Å². The van der Waals surface area contributed by atoms with Crippen LogP contribution in [0.2, 0.25) is 5.02 Å². The summed E-state index contributed by atoms with van der Waals surface area (Å²) >= 11 is 6.28. The standard InChI is InChI=1S/C29H36ClN7O2/c1-2-38-26-19-22(13-14-25(26)39-21-23-11-5-6-12-24(23)30)20-31-35-27-32-28(36-15-7-3-8-16-36)34-29(33-27)37-17-9-4-10-18-37/h5-6,11-14,19-20H,2-4,7-10,15-18,21H2,1H3,(H,32,33,34,35)/b31-20+. The first-order chi connectivity index (χ1) is 19.2. The molecule has 0 unspecified atom stereocenters. The Morgan fingerprint density at radius 1 is 0.846 bits per heavy atom. The van der Waals surface area contributed by atoms with Crippen molar-refractivity contribution < 1.29 is 9.47 Å². The molecule has 3 aromatic rings. The highest BCUT2D eigenvalue weighted by atomic mass is 35.5. The van der Waals surface area contributed by atoms with Crippen molar-refractivity contribution in [2.24, 2.45) is 5.10 Å². The third-order valence-electron chi connectivity index (χ3n) is 6.88. The quantitative estimate of drug-likeness (QED) is 0.246. The lowest BCUT2D eigenvalue weighted by Crippen LogP contribution is -2.34. The Morgan fingerprint density at radius 2 is 1.51 bits per heavy atom. The zero-order valence-corrected chi connectivity index (χ0v) is 23.2. The summed E-state index contributed by atoms with van der Waals surface area (Å²) in [6, 6.07) is 13.4. The van der Waals surface area contributed by atoms with Crippen LogP contribution in [0.4, 0.5) is 17.8 Å². The molecule has 1 N–H and O–H groups in total. The predicted octanol–water partition coefficient (Wildman–Crippen LogP) is 5.93. The number of rotatable bonds is 10. The van der Waals surface area contributed by atoms with Gasteiger partial charge in [-0.1, -0.05) is 29.8 Å². The zero-order valence-electron chi connectivity index (χ0n) is 22.5. The number of nitrogens with zero attached hydrogens (tertiary/aromatic N) is 6. The molecule has 2 saturated heterocycles. The van der Waals surface area contributed by atoms with E-state index in [0.29, 0.717) is 35.7 Å². The van der Waals surface area contributed by atoms with Gasteiger partial charge in [-0.3, -0.25) is 0 Å². The first-order valence-electron chi connectivity index (χ1n) is 13.9. The molecule has 10 heteroatoms. The third kappa shape index (κ3) is 7.29. The van der Waals surface area contributed by atoms with Crippen LogP contribution in [0.25, 0.3) is 0 Å². The van der Waals surface area contributed by atoms with Crippen LogP contribution >= 0.6 is 11.6 Å². The van der Waals surface area contributed by atoms with E-state index in [1.807, 2.05) is 49.4 Å². The van der Waals surface area contributed by atoms with Crippen molar-refractivity contribution in [2.75, 3.05) is 48.0 Å². The van der Waals surface area contributed by atoms with E-state index in [1.165, 1.54) is 12.8 Å². The van der Waals surface area contributed by atoms with E-state index in [4.69, 9.17) is 36.0 Å². The summed E-state index contributed by atoms with van der Waals surface area (Å²) in [5, 5.41) is 5.12. The average Bonchev–Trinajstić information content (AvgIpc) is 2.98. The number of ether oxygens (including phenoxy) is 2. The molecule has 0 saturated carbocycles. The first-order valence-corrected chi connectivity index (χ1v) is 14.3. The summed E-state index contributed by atoms with van der Waals surface area (Å²) in [4.78, 5) is 18.7. The van der Waals surface area contributed by atoms with Gasteiger partial charge in [0.05, 0.1) is 12.8 Å². The monoisotopic (exact) mass is 549 g/mol. The van der Waals surface area contributed by atoms with Gasteiger partial charge in [0.2, 0.25) is 17.8 Å². The number of benzene rings is 2. The Kier molecular flexibility index (Phi) is 9.32. The minimum Gasteiger partial charge on any atom is -0.490 e. The van der Waals surface area contributed by atoms with Crippen LogP contribution in [-0.2, 0) is 6.61 Å². The Balaban J connectivity index is 1.30. The minimum absolute atomic E-state index is 0.354. The van der Waals surface area contributed by atoms with E-state index in [-0.39, 0.29) is 0 Å². The Labute approximate surface area is 235 Å². The molecule has 0 bridgehead atoms. The summed E-state index contributed by atoms with van der Waals surface area (Å²) in [5.41, 5.74) is 4.82. The highest BCUT2D eigenvalue weighted by Crippen LogP contribution is 2.30. The van der Waals surface area contributed by atoms with Crippen LogP contribution < -0.4 is 24.7 Å². The van der Waals surface area contributed by atoms with E-state index in [1.54, 1.807) is 6.21 Å². The summed E-state index contributed by atoms with van der Waals surface area (Å²) in [6.45, 7) is 6.70. The van der Waals surface area contributed by atoms with Crippen LogP contribution in [0.1, 0.15) is 56.6 Å². The molecule has 1 aromatic heterocycles. The SMILES string of the molecule is CCOc1cc(/C=N/Nc2nc(N3CCCCC3)nc(N3CCCCC3)n2)ccc1OCc1ccccc1Cl. The maximum absolute atomic E-state index is 6.28. The molecule has 0 atom stereocenters. The normalized spacial score (nSPS) is 15.9. The van der Waals surface area contributed by atoms with Crippen LogP contribution in [0.3, 0.4) is 0 Å². The lowest BCUT2D eigenvalue weighted by Gasteiger charge is -2.30. The fourth-order valence-corrected chi connectivity index (χ4v) is 4.99. The maximum Gasteiger partial charge on any atom is 0.250 e. The average molecular weight is 550 g/mol. The highest BCUT2D eigenvalue weighted by Gasteiger charge is 2.20. The molecule has 0 spiro atoms. The van der Waals surface area contributed by atoms with Crippen molar-refractivity contribution in [1.82, 2.24) is 15.0 Å². The smallest absolute Gasteiger partial charge is 0.250 e. The maximum atomic E-state index is 6.28. The Morgan fingerprint density at radius 3 is 2.15 bits per heavy atom. The van der Waals surface area contributed by atoms with Gasteiger partial charge >= 0.3 is 0 Å². The summed E-state index contributed by atoms with van der Waals surface area (Å²) in [7, 11) is 0. The summed E-state index contributed by atoms with van der Waals surface area (Å²) in [5.74, 6) is 3.19. The molecule has 2 aliphatic rings. The molecule has 9 nitrogen and oxygen atoms in total. The number of hydrazone groups is 1. The number of aromatic nitrogens is 3. The fourth-order valence-electron chi connectivity index (χ4n) is 4.80. The lowest BCUT2D eigenvalue weighted by atomic mass is 10.1. The van der Waals surface area contributed by atoms with Crippen molar-refractivity contribution in [2.45, 2.75) is 52.1 Å². The van der Waals surface area contributed by atoms with Crippen molar-refractivity contribution in [3.63, 3.8) is 0 Å². The first kappa shape index (κ1) is 27.0. The number of hydrogen-bond acceptors (Lipinski definition) is 9. The predicted molar refractivity (Wildman–Crippen MR) is 157 cm³/mol. The van der Waals surface area contributed by atoms with Gasteiger partial charge in [0, 0.05) is 36.8 Å². The number of nitrogens with one attached hydrogen (secondary N) is 1. The van der Waals surface area contributed by atoms with Gasteiger partial charge in [0.15, 0.2) is 11.5 Å². The van der Waals surface area contributed by atoms with E-state index >= 15 is 0 Å². The van der Waals surface area contributed by atoms with Crippen LogP contribution in [-0.4, -0.2) is 54.0 Å². The number of piperidine rings is 2. The second-order valence-electron chi connectivity index (χ2n) is 9.74. The molecule has 0 amide bonds. The second-order valence-corrected chi connectivity index (χ2v) is 10.2. The molecule has 5 rings (SSSR count). The fraction of sp³-hybridized carbons (Fsp3) is 0.448. The summed E-state index contributed by atoms with van der Waals surface area (Å²) < 4.78 is 11.9. The molecule has 0 aliphatic carbocycles. The van der Waals surface area contributed by atoms with Gasteiger partial charge < -0.3 is 19.3 Å². The largest absolute Gasteiger partial charge is 0.490 e. The summed E-state index contributed by atoms with van der Waals surface area (Å²) in [6.07, 6.45) is 8.87. The molecular formula is C29H36ClN7O2. The van der Waals surface area contributed by atoms with E-state index < -0.39 is 0 Å². The Bertz CT molecular complexity index is 1220. The van der Waals surface area contributed by atoms with Crippen molar-refractivity contribution >= 4 is 35.7 Å². The van der Waals surface area contributed by atoms with Gasteiger partial charge in [-0.2, -0.15) is 20.1 Å². The highest BCUT2D eigenvalue weighted by molar-refractivity contribution is 6.31. The molecule has 39 heavy (non-hydrogen) atoms. The van der Waals surface area contributed by atoms with Crippen LogP contribution in [0, 0.1) is 0 Å². The molecule has 2 fully saturated rings. The molecular weight excluding hydrogens is 514 g/mol. The lowest BCUT2D eigenvalue weighted by molar-refractivity contribution is 0.269. The minimum atomic E-state index is 0.354. The topological polar surface area (TPSA) is 88.0 Å². The second kappa shape index (κ2) is 13.5. The number of hydrogen-bond donors (Lipinski definition) is 1.